The van der Waals surface area contributed by atoms with E-state index < -0.39 is 0 Å². The van der Waals surface area contributed by atoms with E-state index in [0.717, 1.165) is 11.0 Å². The average Bonchev–Trinajstić information content (AvgIpc) is 2.86. The third-order valence-corrected chi connectivity index (χ3v) is 3.34. The van der Waals surface area contributed by atoms with Crippen molar-refractivity contribution in [1.29, 1.82) is 0 Å². The van der Waals surface area contributed by atoms with Crippen LogP contribution in [0.4, 0.5) is 9.52 Å². The molecular weight excluding hydrogens is 265 g/mol. The summed E-state index contributed by atoms with van der Waals surface area (Å²) < 4.78 is 22.6. The molecule has 0 amide bonds. The van der Waals surface area contributed by atoms with E-state index in [0.29, 0.717) is 31.6 Å². The van der Waals surface area contributed by atoms with Crippen LogP contribution in [0.3, 0.4) is 0 Å². The highest BCUT2D eigenvalue weighted by molar-refractivity contribution is 7.09. The van der Waals surface area contributed by atoms with E-state index in [2.05, 4.69) is 14.7 Å². The summed E-state index contributed by atoms with van der Waals surface area (Å²) in [6.07, 6.45) is 1.33. The predicted octanol–water partition coefficient (Wildman–Crippen LogP) is 2.52. The fourth-order valence-electron chi connectivity index (χ4n) is 1.63. The Hall–Kier alpha value is -1.53. The average molecular weight is 281 g/mol. The number of halogens is 1. The van der Waals surface area contributed by atoms with Crippen molar-refractivity contribution >= 4 is 16.7 Å². The topological polar surface area (TPSA) is 47.0 Å². The SMILES string of the molecule is COCCc1nsc(NCCc2ccccc2F)n1. The van der Waals surface area contributed by atoms with Gasteiger partial charge in [0, 0.05) is 31.6 Å². The smallest absolute Gasteiger partial charge is 0.202 e. The lowest BCUT2D eigenvalue weighted by molar-refractivity contribution is 0.201. The zero-order valence-corrected chi connectivity index (χ0v) is 11.5. The van der Waals surface area contributed by atoms with Crippen molar-refractivity contribution in [3.05, 3.63) is 41.5 Å². The number of ether oxygens (including phenoxy) is 1. The molecule has 0 aliphatic carbocycles. The van der Waals surface area contributed by atoms with Gasteiger partial charge >= 0.3 is 0 Å². The minimum atomic E-state index is -0.164. The molecular formula is C13H16FN3OS. The molecule has 102 valence electrons. The number of methoxy groups -OCH3 is 1. The number of benzene rings is 1. The lowest BCUT2D eigenvalue weighted by Crippen LogP contribution is -2.06. The van der Waals surface area contributed by atoms with Crippen molar-refractivity contribution in [3.8, 4) is 0 Å². The van der Waals surface area contributed by atoms with E-state index in [-0.39, 0.29) is 5.82 Å². The van der Waals surface area contributed by atoms with Crippen LogP contribution in [0.25, 0.3) is 0 Å². The largest absolute Gasteiger partial charge is 0.384 e. The first-order valence-corrected chi connectivity index (χ1v) is 6.85. The van der Waals surface area contributed by atoms with Crippen LogP contribution >= 0.6 is 11.5 Å². The zero-order chi connectivity index (χ0) is 13.5. The second-order valence-electron chi connectivity index (χ2n) is 4.03. The van der Waals surface area contributed by atoms with Crippen LogP contribution in [0.15, 0.2) is 24.3 Å². The Kier molecular flexibility index (Phi) is 5.23. The molecule has 0 saturated heterocycles. The monoisotopic (exact) mass is 281 g/mol. The van der Waals surface area contributed by atoms with Gasteiger partial charge in [0.15, 0.2) is 0 Å². The maximum atomic E-state index is 13.4. The molecule has 0 unspecified atom stereocenters. The Bertz CT molecular complexity index is 518. The fourth-order valence-corrected chi connectivity index (χ4v) is 2.26. The normalized spacial score (nSPS) is 10.6. The Balaban J connectivity index is 1.79. The van der Waals surface area contributed by atoms with Gasteiger partial charge in [-0.3, -0.25) is 0 Å². The summed E-state index contributed by atoms with van der Waals surface area (Å²) in [4.78, 5) is 4.32. The lowest BCUT2D eigenvalue weighted by Gasteiger charge is -2.03. The second kappa shape index (κ2) is 7.16. The first kappa shape index (κ1) is 13.9. The van der Waals surface area contributed by atoms with Crippen LogP contribution in [0.5, 0.6) is 0 Å². The fraction of sp³-hybridized carbons (Fsp3) is 0.385. The number of hydrogen-bond acceptors (Lipinski definition) is 5. The molecule has 2 aromatic rings. The van der Waals surface area contributed by atoms with Gasteiger partial charge in [-0.1, -0.05) is 18.2 Å². The van der Waals surface area contributed by atoms with Gasteiger partial charge in [-0.15, -0.1) is 0 Å². The minimum Gasteiger partial charge on any atom is -0.384 e. The third-order valence-electron chi connectivity index (χ3n) is 2.63. The van der Waals surface area contributed by atoms with Crippen molar-refractivity contribution < 1.29 is 9.13 Å². The van der Waals surface area contributed by atoms with Crippen molar-refractivity contribution in [2.24, 2.45) is 0 Å². The molecule has 6 heteroatoms. The number of rotatable bonds is 7. The summed E-state index contributed by atoms with van der Waals surface area (Å²) in [7, 11) is 1.65. The Morgan fingerprint density at radius 3 is 2.95 bits per heavy atom. The molecule has 0 atom stereocenters. The van der Waals surface area contributed by atoms with Crippen molar-refractivity contribution in [2.45, 2.75) is 12.8 Å². The van der Waals surface area contributed by atoms with Crippen LogP contribution in [0.1, 0.15) is 11.4 Å². The van der Waals surface area contributed by atoms with E-state index >= 15 is 0 Å². The van der Waals surface area contributed by atoms with E-state index in [4.69, 9.17) is 4.74 Å². The van der Waals surface area contributed by atoms with Gasteiger partial charge < -0.3 is 10.1 Å². The molecule has 0 saturated carbocycles. The van der Waals surface area contributed by atoms with E-state index in [1.54, 1.807) is 19.2 Å². The molecule has 0 radical (unpaired) electrons. The van der Waals surface area contributed by atoms with Crippen molar-refractivity contribution in [2.75, 3.05) is 25.6 Å². The number of anilines is 1. The standard InChI is InChI=1S/C13H16FN3OS/c1-18-9-7-12-16-13(19-17-12)15-8-6-10-4-2-3-5-11(10)14/h2-5H,6-9H2,1H3,(H,15,16,17). The summed E-state index contributed by atoms with van der Waals surface area (Å²) in [5, 5.41) is 3.92. The van der Waals surface area contributed by atoms with E-state index in [1.165, 1.54) is 17.6 Å². The summed E-state index contributed by atoms with van der Waals surface area (Å²) in [6.45, 7) is 1.26. The Labute approximate surface area is 115 Å². The van der Waals surface area contributed by atoms with Crippen LogP contribution in [0, 0.1) is 5.82 Å². The third kappa shape index (κ3) is 4.25. The highest BCUT2D eigenvalue weighted by Crippen LogP contribution is 2.12. The molecule has 1 aromatic heterocycles. The van der Waals surface area contributed by atoms with Crippen LogP contribution in [0.2, 0.25) is 0 Å². The second-order valence-corrected chi connectivity index (χ2v) is 4.78. The summed E-state index contributed by atoms with van der Waals surface area (Å²) >= 11 is 1.32. The first-order valence-electron chi connectivity index (χ1n) is 6.08. The lowest BCUT2D eigenvalue weighted by atomic mass is 10.1. The Morgan fingerprint density at radius 1 is 1.32 bits per heavy atom. The van der Waals surface area contributed by atoms with Gasteiger partial charge in [-0.25, -0.2) is 9.37 Å². The first-order chi connectivity index (χ1) is 9.29. The van der Waals surface area contributed by atoms with Gasteiger partial charge in [0.2, 0.25) is 5.13 Å². The van der Waals surface area contributed by atoms with Gasteiger partial charge in [0.1, 0.15) is 11.6 Å². The Morgan fingerprint density at radius 2 is 2.16 bits per heavy atom. The van der Waals surface area contributed by atoms with Crippen LogP contribution in [-0.4, -0.2) is 29.6 Å². The van der Waals surface area contributed by atoms with Crippen LogP contribution in [-0.2, 0) is 17.6 Å². The van der Waals surface area contributed by atoms with E-state index in [1.807, 2.05) is 6.07 Å². The summed E-state index contributed by atoms with van der Waals surface area (Å²) in [5.74, 6) is 0.614. The molecule has 1 heterocycles. The number of hydrogen-bond donors (Lipinski definition) is 1. The molecule has 19 heavy (non-hydrogen) atoms. The molecule has 0 aliphatic heterocycles. The number of nitrogens with zero attached hydrogens (tertiary/aromatic N) is 2. The maximum Gasteiger partial charge on any atom is 0.202 e. The maximum absolute atomic E-state index is 13.4. The number of aromatic nitrogens is 2. The molecule has 0 spiro atoms. The molecule has 2 rings (SSSR count). The van der Waals surface area contributed by atoms with Gasteiger partial charge in [-0.2, -0.15) is 4.37 Å². The highest BCUT2D eigenvalue weighted by Gasteiger charge is 2.04. The molecule has 1 N–H and O–H groups in total. The molecule has 0 aliphatic rings. The molecule has 4 nitrogen and oxygen atoms in total. The van der Waals surface area contributed by atoms with Gasteiger partial charge in [0.05, 0.1) is 6.61 Å². The summed E-state index contributed by atoms with van der Waals surface area (Å²) in [5.41, 5.74) is 0.708. The van der Waals surface area contributed by atoms with Crippen molar-refractivity contribution in [1.82, 2.24) is 9.36 Å². The van der Waals surface area contributed by atoms with Crippen LogP contribution < -0.4 is 5.32 Å². The van der Waals surface area contributed by atoms with Crippen molar-refractivity contribution in [3.63, 3.8) is 0 Å². The summed E-state index contributed by atoms with van der Waals surface area (Å²) in [6, 6.07) is 6.80. The quantitative estimate of drug-likeness (QED) is 0.847. The molecule has 0 fully saturated rings. The molecule has 1 aromatic carbocycles. The van der Waals surface area contributed by atoms with Gasteiger partial charge in [0.25, 0.3) is 0 Å². The van der Waals surface area contributed by atoms with Gasteiger partial charge in [-0.05, 0) is 18.1 Å². The predicted molar refractivity (Wildman–Crippen MR) is 74.1 cm³/mol. The molecule has 0 bridgehead atoms. The minimum absolute atomic E-state index is 0.164. The van der Waals surface area contributed by atoms with E-state index in [9.17, 15) is 4.39 Å². The highest BCUT2D eigenvalue weighted by atomic mass is 32.1. The number of nitrogens with one attached hydrogen (secondary N) is 1. The zero-order valence-electron chi connectivity index (χ0n) is 10.7.